The van der Waals surface area contributed by atoms with Gasteiger partial charge in [-0.05, 0) is 35.7 Å². The Morgan fingerprint density at radius 2 is 1.57 bits per heavy atom. The predicted octanol–water partition coefficient (Wildman–Crippen LogP) is 2.45. The fraction of sp³-hybridized carbons (Fsp3) is 0.290. The Kier molecular flexibility index (Phi) is 7.73. The Labute approximate surface area is 231 Å². The van der Waals surface area contributed by atoms with Crippen molar-refractivity contribution in [3.63, 3.8) is 0 Å². The van der Waals surface area contributed by atoms with Gasteiger partial charge in [0.2, 0.25) is 0 Å². The summed E-state index contributed by atoms with van der Waals surface area (Å²) in [5, 5.41) is 25.5. The number of aliphatic hydroxyl groups is 2. The second kappa shape index (κ2) is 11.2. The largest absolute Gasteiger partial charge is 0.497 e. The molecular weight excluding hydrogens is 510 g/mol. The van der Waals surface area contributed by atoms with Crippen LogP contribution in [0, 0.1) is 6.92 Å². The molecule has 9 nitrogen and oxygen atoms in total. The van der Waals surface area contributed by atoms with Crippen LogP contribution in [0.4, 0.5) is 0 Å². The first-order chi connectivity index (χ1) is 19.3. The molecule has 3 atom stereocenters. The summed E-state index contributed by atoms with van der Waals surface area (Å²) in [6, 6.07) is 27.6. The molecule has 4 aromatic rings. The average Bonchev–Trinajstić information content (AvgIpc) is 3.32. The summed E-state index contributed by atoms with van der Waals surface area (Å²) in [4.78, 5) is 26.7. The smallest absolute Gasteiger partial charge is 0.330 e. The highest BCUT2D eigenvalue weighted by molar-refractivity contribution is 5.50. The Morgan fingerprint density at radius 3 is 2.12 bits per heavy atom. The van der Waals surface area contributed by atoms with Crippen LogP contribution < -0.4 is 21.3 Å². The zero-order valence-corrected chi connectivity index (χ0v) is 22.4. The Hall–Kier alpha value is -4.02. The first-order valence-electron chi connectivity index (χ1n) is 13.1. The van der Waals surface area contributed by atoms with E-state index in [1.54, 1.807) is 14.0 Å². The fourth-order valence-electron chi connectivity index (χ4n) is 5.44. The molecule has 0 aliphatic carbocycles. The highest BCUT2D eigenvalue weighted by Gasteiger charge is 2.50. The van der Waals surface area contributed by atoms with E-state index < -0.39 is 41.3 Å². The number of aliphatic hydroxyl groups excluding tert-OH is 2. The Balaban J connectivity index is 1.58. The van der Waals surface area contributed by atoms with Gasteiger partial charge in [-0.3, -0.25) is 19.7 Å². The zero-order valence-electron chi connectivity index (χ0n) is 22.4. The van der Waals surface area contributed by atoms with Gasteiger partial charge in [-0.1, -0.05) is 72.8 Å². The molecule has 208 valence electrons. The van der Waals surface area contributed by atoms with Crippen LogP contribution in [-0.2, 0) is 10.3 Å². The molecule has 0 radical (unpaired) electrons. The maximum Gasteiger partial charge on any atom is 0.330 e. The van der Waals surface area contributed by atoms with Gasteiger partial charge in [-0.15, -0.1) is 0 Å². The molecule has 0 bridgehead atoms. The summed E-state index contributed by atoms with van der Waals surface area (Å²) in [6.45, 7) is 1.12. The lowest BCUT2D eigenvalue weighted by molar-refractivity contribution is -0.128. The minimum absolute atomic E-state index is 0.0358. The zero-order chi connectivity index (χ0) is 28.3. The molecule has 9 heteroatoms. The fourth-order valence-corrected chi connectivity index (χ4v) is 5.44. The lowest BCUT2D eigenvalue weighted by Gasteiger charge is -2.41. The predicted molar refractivity (Wildman–Crippen MR) is 150 cm³/mol. The number of benzene rings is 3. The maximum atomic E-state index is 12.6. The molecule has 2 unspecified atom stereocenters. The van der Waals surface area contributed by atoms with Gasteiger partial charge in [0.05, 0.1) is 25.4 Å². The van der Waals surface area contributed by atoms with Crippen LogP contribution >= 0.6 is 0 Å². The van der Waals surface area contributed by atoms with Crippen molar-refractivity contribution < 1.29 is 19.7 Å². The molecule has 0 amide bonds. The van der Waals surface area contributed by atoms with Crippen molar-refractivity contribution in [3.8, 4) is 5.75 Å². The van der Waals surface area contributed by atoms with E-state index in [4.69, 9.17) is 9.47 Å². The molecule has 1 aliphatic heterocycles. The number of methoxy groups -OCH3 is 1. The Morgan fingerprint density at radius 1 is 1.00 bits per heavy atom. The second-order valence-electron chi connectivity index (χ2n) is 10.1. The van der Waals surface area contributed by atoms with Crippen LogP contribution in [0.2, 0.25) is 0 Å². The van der Waals surface area contributed by atoms with Crippen LogP contribution in [0.3, 0.4) is 0 Å². The van der Waals surface area contributed by atoms with Crippen LogP contribution in [0.1, 0.15) is 34.9 Å². The summed E-state index contributed by atoms with van der Waals surface area (Å²) in [6.07, 6.45) is -0.514. The van der Waals surface area contributed by atoms with Crippen molar-refractivity contribution in [2.75, 3.05) is 20.3 Å². The first kappa shape index (κ1) is 27.5. The van der Waals surface area contributed by atoms with Crippen molar-refractivity contribution >= 4 is 0 Å². The van der Waals surface area contributed by atoms with Gasteiger partial charge >= 0.3 is 5.69 Å². The molecule has 40 heavy (non-hydrogen) atoms. The van der Waals surface area contributed by atoms with Crippen LogP contribution in [0.15, 0.2) is 101 Å². The van der Waals surface area contributed by atoms with E-state index in [0.29, 0.717) is 11.3 Å². The lowest BCUT2D eigenvalue weighted by atomic mass is 9.76. The van der Waals surface area contributed by atoms with Gasteiger partial charge in [-0.25, -0.2) is 4.79 Å². The van der Waals surface area contributed by atoms with Crippen molar-refractivity contribution in [1.82, 2.24) is 14.9 Å². The summed E-state index contributed by atoms with van der Waals surface area (Å²) in [5.74, 6) is 0.713. The molecule has 4 N–H and O–H groups in total. The number of aryl methyl sites for hydroxylation is 1. The van der Waals surface area contributed by atoms with Crippen LogP contribution in [0.25, 0.3) is 0 Å². The van der Waals surface area contributed by atoms with E-state index in [9.17, 15) is 19.8 Å². The molecule has 1 aromatic heterocycles. The van der Waals surface area contributed by atoms with Crippen molar-refractivity contribution in [2.45, 2.75) is 36.8 Å². The molecule has 2 heterocycles. The molecule has 1 fully saturated rings. The monoisotopic (exact) mass is 543 g/mol. The van der Waals surface area contributed by atoms with Crippen molar-refractivity contribution in [1.29, 1.82) is 0 Å². The molecular formula is C31H33N3O6. The van der Waals surface area contributed by atoms with Gasteiger partial charge < -0.3 is 19.7 Å². The van der Waals surface area contributed by atoms with E-state index in [1.165, 1.54) is 10.8 Å². The number of hydrogen-bond donors (Lipinski definition) is 4. The van der Waals surface area contributed by atoms with Crippen molar-refractivity contribution in [2.24, 2.45) is 0 Å². The number of ether oxygens (including phenoxy) is 2. The second-order valence-corrected chi connectivity index (χ2v) is 10.1. The number of aromatic amines is 1. The van der Waals surface area contributed by atoms with E-state index in [0.717, 1.165) is 16.7 Å². The number of rotatable bonds is 9. The average molecular weight is 544 g/mol. The normalized spacial score (nSPS) is 20.9. The first-order valence-corrected chi connectivity index (χ1v) is 13.1. The third-order valence-corrected chi connectivity index (χ3v) is 7.72. The Bertz CT molecular complexity index is 1510. The molecule has 5 rings (SSSR count). The lowest BCUT2D eigenvalue weighted by Crippen LogP contribution is -2.57. The summed E-state index contributed by atoms with van der Waals surface area (Å²) < 4.78 is 12.9. The van der Waals surface area contributed by atoms with Gasteiger partial charge in [-0.2, -0.15) is 0 Å². The SMILES string of the molecule is COc1ccc(C(NCC2(CO)O[C@@H](n3cc(C)c(=O)[nH]c3=O)CC2O)(c2ccccc2)c2ccccc2)cc1. The van der Waals surface area contributed by atoms with Gasteiger partial charge in [0.25, 0.3) is 5.56 Å². The quantitative estimate of drug-likeness (QED) is 0.239. The number of nitrogens with zero attached hydrogens (tertiary/aromatic N) is 1. The summed E-state index contributed by atoms with van der Waals surface area (Å²) >= 11 is 0. The van der Waals surface area contributed by atoms with Crippen LogP contribution in [0.5, 0.6) is 5.75 Å². The minimum Gasteiger partial charge on any atom is -0.497 e. The maximum absolute atomic E-state index is 12.6. The van der Waals surface area contributed by atoms with E-state index in [-0.39, 0.29) is 13.0 Å². The van der Waals surface area contributed by atoms with Gasteiger partial charge in [0, 0.05) is 24.7 Å². The topological polar surface area (TPSA) is 126 Å². The van der Waals surface area contributed by atoms with Gasteiger partial charge in [0.1, 0.15) is 17.6 Å². The molecule has 0 saturated carbocycles. The van der Waals surface area contributed by atoms with Crippen molar-refractivity contribution in [3.05, 3.63) is 134 Å². The molecule has 1 aliphatic rings. The molecule has 0 spiro atoms. The third-order valence-electron chi connectivity index (χ3n) is 7.72. The summed E-state index contributed by atoms with van der Waals surface area (Å²) in [5.41, 5.74) is -0.328. The van der Waals surface area contributed by atoms with Gasteiger partial charge in [0.15, 0.2) is 0 Å². The van der Waals surface area contributed by atoms with E-state index in [1.807, 2.05) is 84.9 Å². The molecule has 1 saturated heterocycles. The molecule has 3 aromatic carbocycles. The van der Waals surface area contributed by atoms with E-state index in [2.05, 4.69) is 10.3 Å². The van der Waals surface area contributed by atoms with Crippen LogP contribution in [-0.4, -0.2) is 51.7 Å². The highest BCUT2D eigenvalue weighted by Crippen LogP contribution is 2.40. The summed E-state index contributed by atoms with van der Waals surface area (Å²) in [7, 11) is 1.62. The number of aromatic nitrogens is 2. The number of hydrogen-bond acceptors (Lipinski definition) is 7. The number of nitrogens with one attached hydrogen (secondary N) is 2. The standard InChI is InChI=1S/C31H33N3O6/c1-21-18-34(29(38)33-28(21)37)27-17-26(36)30(20-35,40-27)19-32-31(22-9-5-3-6-10-22,23-11-7-4-8-12-23)24-13-15-25(39-2)16-14-24/h3-16,18,26-27,32,35-36H,17,19-20H2,1-2H3,(H,33,37,38)/t26?,27-,30?/m1/s1. The van der Waals surface area contributed by atoms with E-state index >= 15 is 0 Å². The number of H-pyrrole nitrogens is 1. The highest BCUT2D eigenvalue weighted by atomic mass is 16.6. The minimum atomic E-state index is -1.44. The third kappa shape index (κ3) is 4.89.